The second-order valence-electron chi connectivity index (χ2n) is 3.72. The van der Waals surface area contributed by atoms with Crippen LogP contribution in [0.4, 0.5) is 13.2 Å². The Bertz CT molecular complexity index is 606. The average molecular weight is 302 g/mol. The van der Waals surface area contributed by atoms with E-state index in [1.54, 1.807) is 17.5 Å². The maximum atomic E-state index is 12.2. The molecule has 3 nitrogen and oxygen atoms in total. The molecule has 1 aromatic heterocycles. The van der Waals surface area contributed by atoms with Crippen molar-refractivity contribution in [3.63, 3.8) is 0 Å². The Morgan fingerprint density at radius 3 is 2.55 bits per heavy atom. The Morgan fingerprint density at radius 2 is 2.00 bits per heavy atom. The first kappa shape index (κ1) is 14.4. The molecule has 0 spiro atoms. The fraction of sp³-hybridized carbons (Fsp3) is 0.154. The third kappa shape index (κ3) is 3.30. The largest absolute Gasteiger partial charge is 0.573 e. The van der Waals surface area contributed by atoms with E-state index >= 15 is 0 Å². The first-order chi connectivity index (χ1) is 9.40. The summed E-state index contributed by atoms with van der Waals surface area (Å²) in [5, 5.41) is 1.70. The van der Waals surface area contributed by atoms with Crippen molar-refractivity contribution in [3.05, 3.63) is 46.2 Å². The molecule has 0 saturated heterocycles. The van der Waals surface area contributed by atoms with Gasteiger partial charge in [0.1, 0.15) is 11.5 Å². The summed E-state index contributed by atoms with van der Waals surface area (Å²) in [6.07, 6.45) is -4.81. The molecule has 1 heterocycles. The van der Waals surface area contributed by atoms with Gasteiger partial charge < -0.3 is 9.47 Å². The average Bonchev–Trinajstić information content (AvgIpc) is 2.89. The molecular weight excluding hydrogens is 293 g/mol. The molecule has 0 saturated carbocycles. The number of benzene rings is 1. The van der Waals surface area contributed by atoms with Crippen molar-refractivity contribution in [2.45, 2.75) is 6.36 Å². The van der Waals surface area contributed by atoms with Gasteiger partial charge in [-0.25, -0.2) is 0 Å². The number of ether oxygens (including phenoxy) is 2. The Hall–Kier alpha value is -2.02. The third-order valence-electron chi connectivity index (χ3n) is 2.39. The molecule has 0 aliphatic heterocycles. The van der Waals surface area contributed by atoms with Gasteiger partial charge in [0.2, 0.25) is 5.78 Å². The van der Waals surface area contributed by atoms with Crippen LogP contribution in [0.1, 0.15) is 15.2 Å². The number of carbonyl (C=O) groups excluding carboxylic acids is 1. The van der Waals surface area contributed by atoms with Crippen LogP contribution < -0.4 is 9.47 Å². The summed E-state index contributed by atoms with van der Waals surface area (Å²) in [5.74, 6) is -0.680. The van der Waals surface area contributed by atoms with Crippen LogP contribution in [0.3, 0.4) is 0 Å². The van der Waals surface area contributed by atoms with Crippen LogP contribution in [0.25, 0.3) is 0 Å². The maximum absolute atomic E-state index is 12.2. The maximum Gasteiger partial charge on any atom is 0.573 e. The molecule has 0 bridgehead atoms. The zero-order valence-electron chi connectivity index (χ0n) is 10.2. The quantitative estimate of drug-likeness (QED) is 0.804. The van der Waals surface area contributed by atoms with Crippen molar-refractivity contribution in [2.75, 3.05) is 7.11 Å². The van der Waals surface area contributed by atoms with Gasteiger partial charge in [0, 0.05) is 0 Å². The Morgan fingerprint density at radius 1 is 1.25 bits per heavy atom. The van der Waals surface area contributed by atoms with Crippen molar-refractivity contribution in [1.82, 2.24) is 0 Å². The molecule has 0 N–H and O–H groups in total. The minimum Gasteiger partial charge on any atom is -0.496 e. The predicted molar refractivity (Wildman–Crippen MR) is 67.4 cm³/mol. The number of ketones is 1. The standard InChI is InChI=1S/C13H9F3O3S/c1-18-10-5-4-8(19-13(14,15)16)7-9(10)12(17)11-3-2-6-20-11/h2-7H,1H3. The lowest BCUT2D eigenvalue weighted by Crippen LogP contribution is -2.17. The smallest absolute Gasteiger partial charge is 0.496 e. The van der Waals surface area contributed by atoms with Crippen molar-refractivity contribution >= 4 is 17.1 Å². The second-order valence-corrected chi connectivity index (χ2v) is 4.66. The fourth-order valence-electron chi connectivity index (χ4n) is 1.60. The highest BCUT2D eigenvalue weighted by molar-refractivity contribution is 7.12. The van der Waals surface area contributed by atoms with E-state index in [0.717, 1.165) is 12.1 Å². The normalized spacial score (nSPS) is 11.2. The third-order valence-corrected chi connectivity index (χ3v) is 3.26. The first-order valence-corrected chi connectivity index (χ1v) is 6.30. The van der Waals surface area contributed by atoms with Crippen molar-refractivity contribution in [3.8, 4) is 11.5 Å². The number of hydrogen-bond acceptors (Lipinski definition) is 4. The predicted octanol–water partition coefficient (Wildman–Crippen LogP) is 3.89. The highest BCUT2D eigenvalue weighted by Crippen LogP contribution is 2.30. The summed E-state index contributed by atoms with van der Waals surface area (Å²) in [6, 6.07) is 6.65. The van der Waals surface area contributed by atoms with Gasteiger partial charge in [-0.2, -0.15) is 0 Å². The molecule has 0 atom stereocenters. The summed E-state index contributed by atoms with van der Waals surface area (Å²) < 4.78 is 45.4. The van der Waals surface area contributed by atoms with E-state index in [1.165, 1.54) is 24.5 Å². The molecule has 0 radical (unpaired) electrons. The Kier molecular flexibility index (Phi) is 3.99. The van der Waals surface area contributed by atoms with Gasteiger partial charge in [0.05, 0.1) is 17.6 Å². The summed E-state index contributed by atoms with van der Waals surface area (Å²) in [5.41, 5.74) is 0.0247. The molecule has 20 heavy (non-hydrogen) atoms. The van der Waals surface area contributed by atoms with Gasteiger partial charge >= 0.3 is 6.36 Å². The van der Waals surface area contributed by atoms with Gasteiger partial charge in [0.25, 0.3) is 0 Å². The van der Waals surface area contributed by atoms with Gasteiger partial charge in [-0.3, -0.25) is 4.79 Å². The van der Waals surface area contributed by atoms with E-state index in [-0.39, 0.29) is 11.3 Å². The minimum absolute atomic E-state index is 0.0247. The lowest BCUT2D eigenvalue weighted by molar-refractivity contribution is -0.274. The lowest BCUT2D eigenvalue weighted by atomic mass is 10.1. The summed E-state index contributed by atoms with van der Waals surface area (Å²) in [4.78, 5) is 12.6. The molecule has 106 valence electrons. The molecule has 0 unspecified atom stereocenters. The fourth-order valence-corrected chi connectivity index (χ4v) is 2.28. The molecule has 2 rings (SSSR count). The molecule has 0 fully saturated rings. The van der Waals surface area contributed by atoms with E-state index in [0.29, 0.717) is 4.88 Å². The van der Waals surface area contributed by atoms with Crippen molar-refractivity contribution in [1.29, 1.82) is 0 Å². The van der Waals surface area contributed by atoms with E-state index in [2.05, 4.69) is 4.74 Å². The molecule has 1 aromatic carbocycles. The molecule has 7 heteroatoms. The van der Waals surface area contributed by atoms with Crippen molar-refractivity contribution in [2.24, 2.45) is 0 Å². The Balaban J connectivity index is 2.39. The number of hydrogen-bond donors (Lipinski definition) is 0. The van der Waals surface area contributed by atoms with E-state index in [4.69, 9.17) is 4.74 Å². The number of alkyl halides is 3. The van der Waals surface area contributed by atoms with Crippen LogP contribution >= 0.6 is 11.3 Å². The Labute approximate surface area is 116 Å². The number of thiophene rings is 1. The number of methoxy groups -OCH3 is 1. The second kappa shape index (κ2) is 5.54. The monoisotopic (exact) mass is 302 g/mol. The topological polar surface area (TPSA) is 35.5 Å². The van der Waals surface area contributed by atoms with Gasteiger partial charge in [-0.1, -0.05) is 6.07 Å². The summed E-state index contributed by atoms with van der Waals surface area (Å²) in [7, 11) is 1.34. The van der Waals surface area contributed by atoms with Gasteiger partial charge in [-0.05, 0) is 29.6 Å². The van der Waals surface area contributed by atoms with Crippen LogP contribution in [-0.2, 0) is 0 Å². The molecular formula is C13H9F3O3S. The number of halogens is 3. The van der Waals surface area contributed by atoms with E-state index in [1.807, 2.05) is 0 Å². The lowest BCUT2D eigenvalue weighted by Gasteiger charge is -2.12. The van der Waals surface area contributed by atoms with Gasteiger partial charge in [0.15, 0.2) is 0 Å². The zero-order valence-corrected chi connectivity index (χ0v) is 11.0. The van der Waals surface area contributed by atoms with E-state index < -0.39 is 17.9 Å². The highest BCUT2D eigenvalue weighted by Gasteiger charge is 2.31. The zero-order chi connectivity index (χ0) is 14.8. The minimum atomic E-state index is -4.81. The molecule has 0 amide bonds. The van der Waals surface area contributed by atoms with Crippen LogP contribution in [0.15, 0.2) is 35.7 Å². The summed E-state index contributed by atoms with van der Waals surface area (Å²) in [6.45, 7) is 0. The first-order valence-electron chi connectivity index (χ1n) is 5.42. The van der Waals surface area contributed by atoms with Crippen LogP contribution in [0.5, 0.6) is 11.5 Å². The van der Waals surface area contributed by atoms with Gasteiger partial charge in [-0.15, -0.1) is 24.5 Å². The molecule has 0 aliphatic rings. The van der Waals surface area contributed by atoms with Crippen LogP contribution in [-0.4, -0.2) is 19.3 Å². The summed E-state index contributed by atoms with van der Waals surface area (Å²) >= 11 is 1.20. The number of rotatable bonds is 4. The van der Waals surface area contributed by atoms with E-state index in [9.17, 15) is 18.0 Å². The van der Waals surface area contributed by atoms with Crippen LogP contribution in [0, 0.1) is 0 Å². The molecule has 2 aromatic rings. The van der Waals surface area contributed by atoms with Crippen molar-refractivity contribution < 1.29 is 27.4 Å². The SMILES string of the molecule is COc1ccc(OC(F)(F)F)cc1C(=O)c1cccs1. The highest BCUT2D eigenvalue weighted by atomic mass is 32.1. The number of carbonyl (C=O) groups is 1. The molecule has 0 aliphatic carbocycles. The van der Waals surface area contributed by atoms with Crippen LogP contribution in [0.2, 0.25) is 0 Å².